The van der Waals surface area contributed by atoms with Gasteiger partial charge in [-0.25, -0.2) is 4.98 Å². The lowest BCUT2D eigenvalue weighted by molar-refractivity contribution is 0.714. The summed E-state index contributed by atoms with van der Waals surface area (Å²) in [5, 5.41) is 1.09. The lowest BCUT2D eigenvalue weighted by Crippen LogP contribution is -2.13. The van der Waals surface area contributed by atoms with Gasteiger partial charge >= 0.3 is 0 Å². The predicted octanol–water partition coefficient (Wildman–Crippen LogP) is 2.09. The van der Waals surface area contributed by atoms with Crippen LogP contribution >= 0.6 is 11.3 Å². The fourth-order valence-corrected chi connectivity index (χ4v) is 2.24. The molecule has 4 heteroatoms. The van der Waals surface area contributed by atoms with Crippen LogP contribution in [-0.4, -0.2) is 9.97 Å². The van der Waals surface area contributed by atoms with Gasteiger partial charge in [-0.2, -0.15) is 0 Å². The van der Waals surface area contributed by atoms with E-state index in [4.69, 9.17) is 5.73 Å². The van der Waals surface area contributed by atoms with Crippen molar-refractivity contribution in [2.24, 2.45) is 5.73 Å². The second kappa shape index (κ2) is 4.51. The molecular formula is C11H13N3S. The van der Waals surface area contributed by atoms with Crippen molar-refractivity contribution in [1.29, 1.82) is 0 Å². The molecule has 15 heavy (non-hydrogen) atoms. The maximum atomic E-state index is 6.06. The summed E-state index contributed by atoms with van der Waals surface area (Å²) in [7, 11) is 0. The zero-order valence-electron chi connectivity index (χ0n) is 8.55. The SMILES string of the molecule is Cc1cnc(CC(N)c2cccnc2)s1. The van der Waals surface area contributed by atoms with Crippen molar-refractivity contribution < 1.29 is 0 Å². The average molecular weight is 219 g/mol. The lowest BCUT2D eigenvalue weighted by atomic mass is 10.1. The number of hydrogen-bond acceptors (Lipinski definition) is 4. The van der Waals surface area contributed by atoms with Gasteiger partial charge in [-0.1, -0.05) is 6.07 Å². The maximum absolute atomic E-state index is 6.06. The van der Waals surface area contributed by atoms with E-state index in [0.29, 0.717) is 0 Å². The Bertz CT molecular complexity index is 424. The van der Waals surface area contributed by atoms with Gasteiger partial charge in [0.1, 0.15) is 0 Å². The van der Waals surface area contributed by atoms with Crippen LogP contribution in [-0.2, 0) is 6.42 Å². The summed E-state index contributed by atoms with van der Waals surface area (Å²) in [6, 6.07) is 3.89. The van der Waals surface area contributed by atoms with Crippen LogP contribution in [0.15, 0.2) is 30.7 Å². The highest BCUT2D eigenvalue weighted by molar-refractivity contribution is 7.11. The van der Waals surface area contributed by atoms with E-state index in [0.717, 1.165) is 17.0 Å². The summed E-state index contributed by atoms with van der Waals surface area (Å²) >= 11 is 1.70. The monoisotopic (exact) mass is 219 g/mol. The summed E-state index contributed by atoms with van der Waals surface area (Å²) in [5.41, 5.74) is 7.12. The van der Waals surface area contributed by atoms with E-state index in [2.05, 4.69) is 16.9 Å². The second-order valence-electron chi connectivity index (χ2n) is 3.46. The van der Waals surface area contributed by atoms with Crippen LogP contribution in [0.3, 0.4) is 0 Å². The quantitative estimate of drug-likeness (QED) is 0.860. The lowest BCUT2D eigenvalue weighted by Gasteiger charge is -2.08. The molecule has 0 spiro atoms. The van der Waals surface area contributed by atoms with Gasteiger partial charge in [0.2, 0.25) is 0 Å². The molecule has 2 aromatic heterocycles. The van der Waals surface area contributed by atoms with E-state index < -0.39 is 0 Å². The van der Waals surface area contributed by atoms with Gasteiger partial charge < -0.3 is 5.73 Å². The Kier molecular flexibility index (Phi) is 3.08. The van der Waals surface area contributed by atoms with Gasteiger partial charge in [0.25, 0.3) is 0 Å². The van der Waals surface area contributed by atoms with Crippen molar-refractivity contribution in [3.05, 3.63) is 46.2 Å². The summed E-state index contributed by atoms with van der Waals surface area (Å²) < 4.78 is 0. The van der Waals surface area contributed by atoms with Crippen LogP contribution in [0.25, 0.3) is 0 Å². The number of rotatable bonds is 3. The third kappa shape index (κ3) is 2.61. The molecule has 0 amide bonds. The number of nitrogens with two attached hydrogens (primary N) is 1. The molecule has 2 aromatic rings. The van der Waals surface area contributed by atoms with Gasteiger partial charge in [-0.3, -0.25) is 4.98 Å². The Hall–Kier alpha value is -1.26. The number of pyridine rings is 1. The number of aromatic nitrogens is 2. The van der Waals surface area contributed by atoms with Crippen molar-refractivity contribution in [2.75, 3.05) is 0 Å². The van der Waals surface area contributed by atoms with Crippen molar-refractivity contribution in [1.82, 2.24) is 9.97 Å². The molecule has 0 fully saturated rings. The summed E-state index contributed by atoms with van der Waals surface area (Å²) in [6.45, 7) is 2.05. The Morgan fingerprint density at radius 3 is 2.93 bits per heavy atom. The Morgan fingerprint density at radius 1 is 1.47 bits per heavy atom. The van der Waals surface area contributed by atoms with E-state index in [9.17, 15) is 0 Å². The van der Waals surface area contributed by atoms with Crippen molar-refractivity contribution in [2.45, 2.75) is 19.4 Å². The Labute approximate surface area is 93.0 Å². The standard InChI is InChI=1S/C11H13N3S/c1-8-6-14-11(15-8)5-10(12)9-3-2-4-13-7-9/h2-4,6-7,10H,5,12H2,1H3. The van der Waals surface area contributed by atoms with Crippen LogP contribution in [0.5, 0.6) is 0 Å². The first-order valence-corrected chi connectivity index (χ1v) is 5.64. The maximum Gasteiger partial charge on any atom is 0.0946 e. The largest absolute Gasteiger partial charge is 0.324 e. The zero-order valence-corrected chi connectivity index (χ0v) is 9.37. The molecule has 0 saturated heterocycles. The summed E-state index contributed by atoms with van der Waals surface area (Å²) in [5.74, 6) is 0. The molecular weight excluding hydrogens is 206 g/mol. The molecule has 0 aliphatic carbocycles. The van der Waals surface area contributed by atoms with Gasteiger partial charge in [-0.05, 0) is 18.6 Å². The van der Waals surface area contributed by atoms with Gasteiger partial charge in [0.05, 0.1) is 5.01 Å². The molecule has 2 N–H and O–H groups in total. The Balaban J connectivity index is 2.07. The molecule has 1 atom stereocenters. The molecule has 2 rings (SSSR count). The second-order valence-corrected chi connectivity index (χ2v) is 4.78. The fourth-order valence-electron chi connectivity index (χ4n) is 1.40. The molecule has 1 unspecified atom stereocenters. The topological polar surface area (TPSA) is 51.8 Å². The minimum Gasteiger partial charge on any atom is -0.324 e. The first-order chi connectivity index (χ1) is 7.25. The number of thiazole rings is 1. The zero-order chi connectivity index (χ0) is 10.7. The van der Waals surface area contributed by atoms with E-state index in [1.54, 1.807) is 17.5 Å². The number of nitrogens with zero attached hydrogens (tertiary/aromatic N) is 2. The first kappa shape index (κ1) is 10.3. The minimum atomic E-state index is -0.00995. The van der Waals surface area contributed by atoms with E-state index in [1.807, 2.05) is 24.5 Å². The average Bonchev–Trinajstić information content (AvgIpc) is 2.65. The molecule has 78 valence electrons. The number of aryl methyl sites for hydroxylation is 1. The van der Waals surface area contributed by atoms with Gasteiger partial charge in [-0.15, -0.1) is 11.3 Å². The molecule has 0 aromatic carbocycles. The van der Waals surface area contributed by atoms with Crippen molar-refractivity contribution >= 4 is 11.3 Å². The van der Waals surface area contributed by atoms with Crippen LogP contribution in [0.2, 0.25) is 0 Å². The minimum absolute atomic E-state index is 0.00995. The predicted molar refractivity (Wildman–Crippen MR) is 61.7 cm³/mol. The van der Waals surface area contributed by atoms with Crippen molar-refractivity contribution in [3.8, 4) is 0 Å². The third-order valence-electron chi connectivity index (χ3n) is 2.18. The molecule has 0 radical (unpaired) electrons. The normalized spacial score (nSPS) is 12.7. The molecule has 0 aliphatic rings. The third-order valence-corrected chi connectivity index (χ3v) is 3.11. The fraction of sp³-hybridized carbons (Fsp3) is 0.273. The molecule has 0 bridgehead atoms. The molecule has 2 heterocycles. The highest BCUT2D eigenvalue weighted by atomic mass is 32.1. The molecule has 0 saturated carbocycles. The molecule has 0 aliphatic heterocycles. The molecule has 3 nitrogen and oxygen atoms in total. The van der Waals surface area contributed by atoms with E-state index in [-0.39, 0.29) is 6.04 Å². The van der Waals surface area contributed by atoms with E-state index >= 15 is 0 Å². The van der Waals surface area contributed by atoms with Gasteiger partial charge in [0.15, 0.2) is 0 Å². The van der Waals surface area contributed by atoms with Crippen LogP contribution in [0.1, 0.15) is 21.5 Å². The number of hydrogen-bond donors (Lipinski definition) is 1. The Morgan fingerprint density at radius 2 is 2.33 bits per heavy atom. The summed E-state index contributed by atoms with van der Waals surface area (Å²) in [6.07, 6.45) is 6.23. The van der Waals surface area contributed by atoms with Crippen molar-refractivity contribution in [3.63, 3.8) is 0 Å². The highest BCUT2D eigenvalue weighted by Crippen LogP contribution is 2.18. The smallest absolute Gasteiger partial charge is 0.0946 e. The first-order valence-electron chi connectivity index (χ1n) is 4.82. The van der Waals surface area contributed by atoms with E-state index in [1.165, 1.54) is 4.88 Å². The van der Waals surface area contributed by atoms with Crippen LogP contribution in [0, 0.1) is 6.92 Å². The van der Waals surface area contributed by atoms with Gasteiger partial charge in [0, 0.05) is 35.9 Å². The summed E-state index contributed by atoms with van der Waals surface area (Å²) in [4.78, 5) is 9.58. The van der Waals surface area contributed by atoms with Crippen LogP contribution in [0.4, 0.5) is 0 Å². The highest BCUT2D eigenvalue weighted by Gasteiger charge is 2.09. The van der Waals surface area contributed by atoms with Crippen LogP contribution < -0.4 is 5.73 Å².